The van der Waals surface area contributed by atoms with E-state index >= 15 is 0 Å². The van der Waals surface area contributed by atoms with Crippen LogP contribution in [0.3, 0.4) is 0 Å². The highest BCUT2D eigenvalue weighted by molar-refractivity contribution is 5.76. The third kappa shape index (κ3) is 6.14. The van der Waals surface area contributed by atoms with Gasteiger partial charge in [-0.15, -0.1) is 0 Å². The van der Waals surface area contributed by atoms with Crippen LogP contribution in [0.15, 0.2) is 0 Å². The molecule has 0 aliphatic heterocycles. The van der Waals surface area contributed by atoms with Gasteiger partial charge in [-0.1, -0.05) is 27.2 Å². The minimum atomic E-state index is 0.317. The van der Waals surface area contributed by atoms with Crippen molar-refractivity contribution in [1.82, 2.24) is 4.90 Å². The van der Waals surface area contributed by atoms with Gasteiger partial charge in [0.2, 0.25) is 5.91 Å². The Bertz CT molecular complexity index is 195. The topological polar surface area (TPSA) is 20.3 Å². The Hall–Kier alpha value is -0.530. The van der Waals surface area contributed by atoms with Crippen molar-refractivity contribution in [3.8, 4) is 0 Å². The number of carbonyl (C=O) groups excluding carboxylic acids is 1. The van der Waals surface area contributed by atoms with Crippen LogP contribution in [0.25, 0.3) is 0 Å². The Morgan fingerprint density at radius 1 is 1.06 bits per heavy atom. The monoisotopic (exact) mass is 227 g/mol. The summed E-state index contributed by atoms with van der Waals surface area (Å²) < 4.78 is 0. The van der Waals surface area contributed by atoms with Crippen molar-refractivity contribution in [2.75, 3.05) is 13.1 Å². The van der Waals surface area contributed by atoms with Gasteiger partial charge in [-0.25, -0.2) is 0 Å². The van der Waals surface area contributed by atoms with Crippen molar-refractivity contribution in [2.24, 2.45) is 5.41 Å². The molecular weight excluding hydrogens is 198 g/mol. The van der Waals surface area contributed by atoms with E-state index in [1.54, 1.807) is 0 Å². The second-order valence-corrected chi connectivity index (χ2v) is 5.33. The first-order chi connectivity index (χ1) is 7.46. The van der Waals surface area contributed by atoms with Crippen molar-refractivity contribution >= 4 is 5.91 Å². The Kier molecular flexibility index (Phi) is 7.44. The molecule has 1 amide bonds. The summed E-state index contributed by atoms with van der Waals surface area (Å²) in [6.45, 7) is 12.6. The lowest BCUT2D eigenvalue weighted by Gasteiger charge is -2.24. The van der Waals surface area contributed by atoms with Crippen LogP contribution >= 0.6 is 0 Å². The summed E-state index contributed by atoms with van der Waals surface area (Å²) in [5.41, 5.74) is 0.401. The fraction of sp³-hybridized carbons (Fsp3) is 0.929. The number of nitrogens with zero attached hydrogens (tertiary/aromatic N) is 1. The average Bonchev–Trinajstić information content (AvgIpc) is 2.19. The van der Waals surface area contributed by atoms with E-state index in [1.165, 1.54) is 12.8 Å². The Labute approximate surface area is 101 Å². The van der Waals surface area contributed by atoms with E-state index in [2.05, 4.69) is 20.8 Å². The van der Waals surface area contributed by atoms with Crippen LogP contribution in [0.5, 0.6) is 0 Å². The maximum atomic E-state index is 11.8. The molecule has 0 N–H and O–H groups in total. The molecule has 0 aromatic heterocycles. The van der Waals surface area contributed by atoms with Gasteiger partial charge in [0.15, 0.2) is 0 Å². The maximum absolute atomic E-state index is 11.8. The molecule has 96 valence electrons. The zero-order valence-electron chi connectivity index (χ0n) is 11.8. The van der Waals surface area contributed by atoms with Crippen LogP contribution in [0.4, 0.5) is 0 Å². The zero-order chi connectivity index (χ0) is 12.6. The summed E-state index contributed by atoms with van der Waals surface area (Å²) in [4.78, 5) is 13.7. The molecule has 0 bridgehead atoms. The molecule has 0 atom stereocenters. The SMILES string of the molecule is CCCC(C)(C)CCCC(=O)N(CC)CC. The first-order valence-corrected chi connectivity index (χ1v) is 6.74. The van der Waals surface area contributed by atoms with E-state index in [0.717, 1.165) is 32.4 Å². The fourth-order valence-corrected chi connectivity index (χ4v) is 2.25. The van der Waals surface area contributed by atoms with Crippen LogP contribution in [0, 0.1) is 5.41 Å². The van der Waals surface area contributed by atoms with Crippen molar-refractivity contribution in [1.29, 1.82) is 0 Å². The third-order valence-electron chi connectivity index (χ3n) is 3.29. The minimum absolute atomic E-state index is 0.317. The molecular formula is C14H29NO. The highest BCUT2D eigenvalue weighted by Crippen LogP contribution is 2.28. The standard InChI is InChI=1S/C14H29NO/c1-6-11-14(4,5)12-9-10-13(16)15(7-2)8-3/h6-12H2,1-5H3. The van der Waals surface area contributed by atoms with Gasteiger partial charge in [-0.2, -0.15) is 0 Å². The van der Waals surface area contributed by atoms with Gasteiger partial charge in [0.1, 0.15) is 0 Å². The lowest BCUT2D eigenvalue weighted by atomic mass is 9.83. The highest BCUT2D eigenvalue weighted by atomic mass is 16.2. The number of rotatable bonds is 8. The van der Waals surface area contributed by atoms with E-state index in [9.17, 15) is 4.79 Å². The Balaban J connectivity index is 3.85. The molecule has 2 nitrogen and oxygen atoms in total. The summed E-state index contributed by atoms with van der Waals surface area (Å²) in [6.07, 6.45) is 5.40. The smallest absolute Gasteiger partial charge is 0.222 e. The van der Waals surface area contributed by atoms with Crippen molar-refractivity contribution in [2.45, 2.75) is 66.7 Å². The normalized spacial score (nSPS) is 11.6. The van der Waals surface area contributed by atoms with E-state index in [0.29, 0.717) is 11.3 Å². The molecule has 0 spiro atoms. The molecule has 2 heteroatoms. The van der Waals surface area contributed by atoms with Crippen LogP contribution in [0.1, 0.15) is 66.7 Å². The molecule has 0 saturated heterocycles. The van der Waals surface area contributed by atoms with Crippen molar-refractivity contribution in [3.63, 3.8) is 0 Å². The van der Waals surface area contributed by atoms with E-state index in [1.807, 2.05) is 18.7 Å². The predicted octanol–water partition coefficient (Wildman–Crippen LogP) is 3.85. The molecule has 0 saturated carbocycles. The summed E-state index contributed by atoms with van der Waals surface area (Å²) in [5.74, 6) is 0.317. The lowest BCUT2D eigenvalue weighted by Crippen LogP contribution is -2.30. The molecule has 0 aliphatic rings. The van der Waals surface area contributed by atoms with Crippen LogP contribution in [-0.4, -0.2) is 23.9 Å². The Morgan fingerprint density at radius 3 is 2.06 bits per heavy atom. The van der Waals surface area contributed by atoms with Crippen LogP contribution in [0.2, 0.25) is 0 Å². The number of carbonyl (C=O) groups is 1. The van der Waals surface area contributed by atoms with Crippen molar-refractivity contribution < 1.29 is 4.79 Å². The highest BCUT2D eigenvalue weighted by Gasteiger charge is 2.17. The van der Waals surface area contributed by atoms with Crippen LogP contribution < -0.4 is 0 Å². The van der Waals surface area contributed by atoms with E-state index in [4.69, 9.17) is 0 Å². The van der Waals surface area contributed by atoms with Gasteiger partial charge in [0.25, 0.3) is 0 Å². The summed E-state index contributed by atoms with van der Waals surface area (Å²) in [5, 5.41) is 0. The third-order valence-corrected chi connectivity index (χ3v) is 3.29. The van der Waals surface area contributed by atoms with Gasteiger partial charge in [0.05, 0.1) is 0 Å². The molecule has 0 aromatic carbocycles. The lowest BCUT2D eigenvalue weighted by molar-refractivity contribution is -0.131. The molecule has 0 unspecified atom stereocenters. The second kappa shape index (κ2) is 7.70. The summed E-state index contributed by atoms with van der Waals surface area (Å²) in [7, 11) is 0. The molecule has 0 rings (SSSR count). The molecule has 16 heavy (non-hydrogen) atoms. The molecule has 0 radical (unpaired) electrons. The average molecular weight is 227 g/mol. The first kappa shape index (κ1) is 15.5. The zero-order valence-corrected chi connectivity index (χ0v) is 11.8. The van der Waals surface area contributed by atoms with Gasteiger partial charge in [-0.05, 0) is 38.5 Å². The Morgan fingerprint density at radius 2 is 1.62 bits per heavy atom. The van der Waals surface area contributed by atoms with Gasteiger partial charge in [-0.3, -0.25) is 4.79 Å². The van der Waals surface area contributed by atoms with Crippen LogP contribution in [-0.2, 0) is 4.79 Å². The second-order valence-electron chi connectivity index (χ2n) is 5.33. The fourth-order valence-electron chi connectivity index (χ4n) is 2.25. The maximum Gasteiger partial charge on any atom is 0.222 e. The molecule has 0 aliphatic carbocycles. The summed E-state index contributed by atoms with van der Waals surface area (Å²) >= 11 is 0. The van der Waals surface area contributed by atoms with Crippen molar-refractivity contribution in [3.05, 3.63) is 0 Å². The van der Waals surface area contributed by atoms with Gasteiger partial charge in [0, 0.05) is 19.5 Å². The number of hydrogen-bond donors (Lipinski definition) is 0. The largest absolute Gasteiger partial charge is 0.343 e. The quantitative estimate of drug-likeness (QED) is 0.617. The first-order valence-electron chi connectivity index (χ1n) is 6.74. The number of hydrogen-bond acceptors (Lipinski definition) is 1. The molecule has 0 fully saturated rings. The molecule has 0 heterocycles. The summed E-state index contributed by atoms with van der Waals surface area (Å²) in [6, 6.07) is 0. The van der Waals surface area contributed by atoms with Gasteiger partial charge < -0.3 is 4.90 Å². The predicted molar refractivity (Wildman–Crippen MR) is 70.5 cm³/mol. The van der Waals surface area contributed by atoms with E-state index in [-0.39, 0.29) is 0 Å². The number of amides is 1. The minimum Gasteiger partial charge on any atom is -0.343 e. The molecule has 0 aromatic rings. The van der Waals surface area contributed by atoms with Gasteiger partial charge >= 0.3 is 0 Å². The van der Waals surface area contributed by atoms with E-state index < -0.39 is 0 Å².